The van der Waals surface area contributed by atoms with Crippen LogP contribution >= 0.6 is 23.5 Å². The predicted octanol–water partition coefficient (Wildman–Crippen LogP) is 1.55. The zero-order valence-electron chi connectivity index (χ0n) is 10.4. The Balaban J connectivity index is 1.97. The van der Waals surface area contributed by atoms with E-state index in [0.29, 0.717) is 5.75 Å². The smallest absolute Gasteiger partial charge is 0.327 e. The Morgan fingerprint density at radius 1 is 1.53 bits per heavy atom. The van der Waals surface area contributed by atoms with Crippen molar-refractivity contribution in [3.63, 3.8) is 0 Å². The number of rotatable bonds is 4. The van der Waals surface area contributed by atoms with Crippen molar-refractivity contribution in [2.75, 3.05) is 11.5 Å². The highest BCUT2D eigenvalue weighted by Gasteiger charge is 2.39. The summed E-state index contributed by atoms with van der Waals surface area (Å²) in [5.74, 6) is -0.355. The lowest BCUT2D eigenvalue weighted by atomic mass is 10.3. The van der Waals surface area contributed by atoms with E-state index in [1.807, 2.05) is 19.1 Å². The summed E-state index contributed by atoms with van der Waals surface area (Å²) < 4.78 is 0. The van der Waals surface area contributed by atoms with E-state index in [1.165, 1.54) is 28.4 Å². The molecule has 2 heterocycles. The molecule has 0 radical (unpaired) electrons. The molecule has 0 aliphatic carbocycles. The number of pyridine rings is 1. The van der Waals surface area contributed by atoms with Gasteiger partial charge >= 0.3 is 5.97 Å². The van der Waals surface area contributed by atoms with Gasteiger partial charge in [0.05, 0.1) is 11.1 Å². The number of carbonyl (C=O) groups excluding carboxylic acids is 1. The number of hydrogen-bond donors (Lipinski definition) is 1. The van der Waals surface area contributed by atoms with Gasteiger partial charge in [0, 0.05) is 23.0 Å². The SMILES string of the molecule is CC1SCC(C(=O)O)N1C(=O)CSc1ccncc1. The molecule has 1 saturated heterocycles. The molecule has 1 aromatic heterocycles. The Labute approximate surface area is 119 Å². The van der Waals surface area contributed by atoms with E-state index >= 15 is 0 Å². The highest BCUT2D eigenvalue weighted by Crippen LogP contribution is 2.30. The summed E-state index contributed by atoms with van der Waals surface area (Å²) in [5, 5.41) is 9.04. The van der Waals surface area contributed by atoms with Crippen LogP contribution in [0.1, 0.15) is 6.92 Å². The average Bonchev–Trinajstić information content (AvgIpc) is 2.79. The highest BCUT2D eigenvalue weighted by molar-refractivity contribution is 8.00. The van der Waals surface area contributed by atoms with Crippen molar-refractivity contribution in [1.29, 1.82) is 0 Å². The van der Waals surface area contributed by atoms with Gasteiger partial charge in [-0.25, -0.2) is 4.79 Å². The third kappa shape index (κ3) is 3.42. The van der Waals surface area contributed by atoms with Gasteiger partial charge in [0.15, 0.2) is 0 Å². The number of aliphatic carboxylic acids is 1. The summed E-state index contributed by atoms with van der Waals surface area (Å²) in [6.07, 6.45) is 3.34. The molecule has 5 nitrogen and oxygen atoms in total. The fraction of sp³-hybridized carbons (Fsp3) is 0.417. The van der Waals surface area contributed by atoms with Crippen LogP contribution in [0.2, 0.25) is 0 Å². The Morgan fingerprint density at radius 2 is 2.21 bits per heavy atom. The molecule has 19 heavy (non-hydrogen) atoms. The van der Waals surface area contributed by atoms with E-state index in [1.54, 1.807) is 12.4 Å². The van der Waals surface area contributed by atoms with Crippen LogP contribution in [0.4, 0.5) is 0 Å². The van der Waals surface area contributed by atoms with Gasteiger partial charge in [0.1, 0.15) is 6.04 Å². The van der Waals surface area contributed by atoms with Gasteiger partial charge in [-0.15, -0.1) is 23.5 Å². The van der Waals surface area contributed by atoms with Gasteiger partial charge in [-0.2, -0.15) is 0 Å². The summed E-state index contributed by atoms with van der Waals surface area (Å²) in [6, 6.07) is 2.95. The Hall–Kier alpha value is -1.21. The lowest BCUT2D eigenvalue weighted by Crippen LogP contribution is -2.45. The topological polar surface area (TPSA) is 70.5 Å². The van der Waals surface area contributed by atoms with Crippen molar-refractivity contribution in [1.82, 2.24) is 9.88 Å². The molecule has 0 bridgehead atoms. The molecule has 1 fully saturated rings. The van der Waals surface area contributed by atoms with E-state index in [4.69, 9.17) is 5.11 Å². The highest BCUT2D eigenvalue weighted by atomic mass is 32.2. The molecule has 0 spiro atoms. The first-order valence-corrected chi connectivity index (χ1v) is 7.81. The van der Waals surface area contributed by atoms with Crippen molar-refractivity contribution in [2.24, 2.45) is 0 Å². The first-order valence-electron chi connectivity index (χ1n) is 5.78. The van der Waals surface area contributed by atoms with E-state index in [9.17, 15) is 9.59 Å². The molecule has 102 valence electrons. The fourth-order valence-electron chi connectivity index (χ4n) is 1.87. The second-order valence-electron chi connectivity index (χ2n) is 4.06. The number of hydrogen-bond acceptors (Lipinski definition) is 5. The molecule has 2 atom stereocenters. The molecular weight excluding hydrogens is 284 g/mol. The number of nitrogens with zero attached hydrogens (tertiary/aromatic N) is 2. The van der Waals surface area contributed by atoms with Gasteiger partial charge in [0.25, 0.3) is 0 Å². The van der Waals surface area contributed by atoms with Crippen LogP contribution in [-0.2, 0) is 9.59 Å². The number of carbonyl (C=O) groups is 2. The normalized spacial score (nSPS) is 22.5. The molecule has 7 heteroatoms. The lowest BCUT2D eigenvalue weighted by Gasteiger charge is -2.24. The monoisotopic (exact) mass is 298 g/mol. The van der Waals surface area contributed by atoms with E-state index in [2.05, 4.69) is 4.98 Å². The van der Waals surface area contributed by atoms with Crippen molar-refractivity contribution in [2.45, 2.75) is 23.2 Å². The first kappa shape index (κ1) is 14.2. The van der Waals surface area contributed by atoms with Crippen LogP contribution in [0.3, 0.4) is 0 Å². The van der Waals surface area contributed by atoms with Gasteiger partial charge < -0.3 is 10.0 Å². The van der Waals surface area contributed by atoms with Crippen LogP contribution < -0.4 is 0 Å². The molecule has 0 saturated carbocycles. The fourth-order valence-corrected chi connectivity index (χ4v) is 3.81. The molecule has 2 rings (SSSR count). The number of aromatic nitrogens is 1. The Kier molecular flexibility index (Phi) is 4.71. The largest absolute Gasteiger partial charge is 0.480 e. The summed E-state index contributed by atoms with van der Waals surface area (Å²) in [4.78, 5) is 29.6. The zero-order chi connectivity index (χ0) is 13.8. The summed E-state index contributed by atoms with van der Waals surface area (Å²) in [7, 11) is 0. The van der Waals surface area contributed by atoms with Crippen molar-refractivity contribution >= 4 is 35.4 Å². The van der Waals surface area contributed by atoms with Gasteiger partial charge in [-0.05, 0) is 19.1 Å². The van der Waals surface area contributed by atoms with Gasteiger partial charge in [-0.3, -0.25) is 9.78 Å². The maximum atomic E-state index is 12.2. The standard InChI is InChI=1S/C12H14N2O3S2/c1-8-14(10(6-18-8)12(16)17)11(15)7-19-9-2-4-13-5-3-9/h2-5,8,10H,6-7H2,1H3,(H,16,17). The third-order valence-electron chi connectivity index (χ3n) is 2.81. The van der Waals surface area contributed by atoms with Crippen molar-refractivity contribution in [3.8, 4) is 0 Å². The molecule has 2 unspecified atom stereocenters. The van der Waals surface area contributed by atoms with Crippen LogP contribution in [0.5, 0.6) is 0 Å². The van der Waals surface area contributed by atoms with Crippen LogP contribution in [0.15, 0.2) is 29.4 Å². The maximum Gasteiger partial charge on any atom is 0.327 e. The second-order valence-corrected chi connectivity index (χ2v) is 6.46. The minimum Gasteiger partial charge on any atom is -0.480 e. The second kappa shape index (κ2) is 6.29. The Morgan fingerprint density at radius 3 is 2.84 bits per heavy atom. The minimum absolute atomic E-state index is 0.0772. The number of carboxylic acid groups (broad SMARTS) is 1. The molecule has 1 N–H and O–H groups in total. The molecule has 1 aliphatic heterocycles. The first-order chi connectivity index (χ1) is 9.09. The summed E-state index contributed by atoms with van der Waals surface area (Å²) in [5.41, 5.74) is 0. The Bertz CT molecular complexity index is 469. The zero-order valence-corrected chi connectivity index (χ0v) is 12.0. The van der Waals surface area contributed by atoms with Crippen LogP contribution in [0, 0.1) is 0 Å². The molecule has 1 amide bonds. The summed E-state index contributed by atoms with van der Waals surface area (Å²) in [6.45, 7) is 1.86. The molecular formula is C12H14N2O3S2. The average molecular weight is 298 g/mol. The van der Waals surface area contributed by atoms with Crippen molar-refractivity contribution in [3.05, 3.63) is 24.5 Å². The minimum atomic E-state index is -0.931. The van der Waals surface area contributed by atoms with E-state index in [-0.39, 0.29) is 17.0 Å². The third-order valence-corrected chi connectivity index (χ3v) is 5.02. The predicted molar refractivity (Wildman–Crippen MR) is 75.2 cm³/mol. The molecule has 0 aromatic carbocycles. The maximum absolute atomic E-state index is 12.2. The summed E-state index contributed by atoms with van der Waals surface area (Å²) >= 11 is 2.89. The van der Waals surface area contributed by atoms with Gasteiger partial charge in [-0.1, -0.05) is 0 Å². The van der Waals surface area contributed by atoms with Gasteiger partial charge in [0.2, 0.25) is 5.91 Å². The van der Waals surface area contributed by atoms with Crippen LogP contribution in [0.25, 0.3) is 0 Å². The molecule has 1 aromatic rings. The van der Waals surface area contributed by atoms with E-state index in [0.717, 1.165) is 4.90 Å². The molecule has 1 aliphatic rings. The quantitative estimate of drug-likeness (QED) is 0.850. The lowest BCUT2D eigenvalue weighted by molar-refractivity contribution is -0.147. The number of carboxylic acids is 1. The number of amides is 1. The van der Waals surface area contributed by atoms with Crippen LogP contribution in [-0.4, -0.2) is 49.8 Å². The van der Waals surface area contributed by atoms with Crippen molar-refractivity contribution < 1.29 is 14.7 Å². The van der Waals surface area contributed by atoms with E-state index < -0.39 is 12.0 Å². The number of thioether (sulfide) groups is 2.